The van der Waals surface area contributed by atoms with Crippen LogP contribution >= 0.6 is 0 Å². The number of aromatic nitrogens is 1. The molecule has 0 aliphatic heterocycles. The Morgan fingerprint density at radius 1 is 1.14 bits per heavy atom. The Bertz CT molecular complexity index is 761. The minimum Gasteiger partial charge on any atom is -0.459 e. The molecule has 2 aromatic heterocycles. The van der Waals surface area contributed by atoms with Gasteiger partial charge in [-0.3, -0.25) is 4.98 Å². The van der Waals surface area contributed by atoms with Gasteiger partial charge in [0.2, 0.25) is 0 Å². The Hall–Kier alpha value is -2.13. The van der Waals surface area contributed by atoms with E-state index in [9.17, 15) is 0 Å². The van der Waals surface area contributed by atoms with Crippen LogP contribution in [0.15, 0.2) is 47.0 Å². The first-order valence-corrected chi connectivity index (χ1v) is 7.28. The van der Waals surface area contributed by atoms with E-state index in [0.717, 1.165) is 23.6 Å². The molecule has 0 amide bonds. The number of para-hydroxylation sites is 1. The quantitative estimate of drug-likeness (QED) is 0.774. The van der Waals surface area contributed by atoms with Crippen molar-refractivity contribution >= 4 is 11.0 Å². The third-order valence-corrected chi connectivity index (χ3v) is 3.97. The first kappa shape index (κ1) is 13.8. The third kappa shape index (κ3) is 2.69. The molecular weight excluding hydrogens is 260 g/mol. The molecule has 0 saturated heterocycles. The summed E-state index contributed by atoms with van der Waals surface area (Å²) in [6.45, 7) is 7.07. The van der Waals surface area contributed by atoms with Gasteiger partial charge < -0.3 is 9.73 Å². The summed E-state index contributed by atoms with van der Waals surface area (Å²) in [6, 6.07) is 12.4. The summed E-state index contributed by atoms with van der Waals surface area (Å²) in [5.41, 5.74) is 4.45. The maximum atomic E-state index is 6.00. The van der Waals surface area contributed by atoms with Gasteiger partial charge in [-0.05, 0) is 44.0 Å². The van der Waals surface area contributed by atoms with Crippen molar-refractivity contribution in [3.63, 3.8) is 0 Å². The van der Waals surface area contributed by atoms with Gasteiger partial charge in [0.15, 0.2) is 0 Å². The maximum absolute atomic E-state index is 6.00. The highest BCUT2D eigenvalue weighted by Gasteiger charge is 2.16. The molecule has 0 saturated carbocycles. The molecule has 0 bridgehead atoms. The second-order valence-electron chi connectivity index (χ2n) is 5.46. The Balaban J connectivity index is 1.80. The zero-order valence-electron chi connectivity index (χ0n) is 12.7. The van der Waals surface area contributed by atoms with Crippen molar-refractivity contribution in [2.45, 2.75) is 33.4 Å². The maximum Gasteiger partial charge on any atom is 0.134 e. The lowest BCUT2D eigenvalue weighted by Crippen LogP contribution is -2.19. The second-order valence-corrected chi connectivity index (χ2v) is 5.46. The van der Waals surface area contributed by atoms with Gasteiger partial charge in [0, 0.05) is 18.1 Å². The van der Waals surface area contributed by atoms with E-state index >= 15 is 0 Å². The van der Waals surface area contributed by atoms with Crippen LogP contribution in [0.5, 0.6) is 0 Å². The lowest BCUT2D eigenvalue weighted by atomic mass is 10.1. The monoisotopic (exact) mass is 280 g/mol. The largest absolute Gasteiger partial charge is 0.459 e. The summed E-state index contributed by atoms with van der Waals surface area (Å²) in [4.78, 5) is 4.42. The van der Waals surface area contributed by atoms with Crippen molar-refractivity contribution in [2.75, 3.05) is 0 Å². The normalized spacial score (nSPS) is 12.7. The van der Waals surface area contributed by atoms with Crippen molar-refractivity contribution in [2.24, 2.45) is 0 Å². The molecule has 0 fully saturated rings. The molecule has 3 heteroatoms. The van der Waals surface area contributed by atoms with Crippen LogP contribution in [0.1, 0.15) is 35.5 Å². The van der Waals surface area contributed by atoms with Gasteiger partial charge in [0.25, 0.3) is 0 Å². The van der Waals surface area contributed by atoms with E-state index < -0.39 is 0 Å². The highest BCUT2D eigenvalue weighted by Crippen LogP contribution is 2.29. The fourth-order valence-electron chi connectivity index (χ4n) is 2.65. The van der Waals surface area contributed by atoms with E-state index in [4.69, 9.17) is 4.42 Å². The molecule has 1 N–H and O–H groups in total. The van der Waals surface area contributed by atoms with Crippen molar-refractivity contribution in [3.05, 3.63) is 65.2 Å². The van der Waals surface area contributed by atoms with Crippen LogP contribution in [0.25, 0.3) is 11.0 Å². The smallest absolute Gasteiger partial charge is 0.134 e. The Morgan fingerprint density at radius 2 is 1.95 bits per heavy atom. The molecule has 0 aliphatic rings. The summed E-state index contributed by atoms with van der Waals surface area (Å²) in [5, 5.41) is 4.69. The molecule has 0 radical (unpaired) electrons. The van der Waals surface area contributed by atoms with E-state index in [-0.39, 0.29) is 6.04 Å². The highest BCUT2D eigenvalue weighted by molar-refractivity contribution is 5.82. The standard InChI is InChI=1S/C18H20N2O/c1-12-7-6-10-19-16(12)11-20-14(3)18-13(2)15-8-4-5-9-17(15)21-18/h4-10,14,20H,11H2,1-3H3. The number of aryl methyl sites for hydroxylation is 2. The first-order valence-electron chi connectivity index (χ1n) is 7.28. The summed E-state index contributed by atoms with van der Waals surface area (Å²) >= 11 is 0. The lowest BCUT2D eigenvalue weighted by molar-refractivity contribution is 0.445. The number of rotatable bonds is 4. The molecule has 1 unspecified atom stereocenters. The van der Waals surface area contributed by atoms with Crippen LogP contribution in [-0.4, -0.2) is 4.98 Å². The van der Waals surface area contributed by atoms with Gasteiger partial charge in [-0.15, -0.1) is 0 Å². The van der Waals surface area contributed by atoms with Gasteiger partial charge in [-0.2, -0.15) is 0 Å². The minimum atomic E-state index is 0.152. The third-order valence-electron chi connectivity index (χ3n) is 3.97. The van der Waals surface area contributed by atoms with Gasteiger partial charge in [-0.25, -0.2) is 0 Å². The van der Waals surface area contributed by atoms with Crippen LogP contribution < -0.4 is 5.32 Å². The predicted octanol–water partition coefficient (Wildman–Crippen LogP) is 4.30. The zero-order valence-corrected chi connectivity index (χ0v) is 12.7. The fourth-order valence-corrected chi connectivity index (χ4v) is 2.65. The molecule has 1 atom stereocenters. The second kappa shape index (κ2) is 5.70. The Morgan fingerprint density at radius 3 is 2.71 bits per heavy atom. The molecule has 21 heavy (non-hydrogen) atoms. The highest BCUT2D eigenvalue weighted by atomic mass is 16.3. The summed E-state index contributed by atoms with van der Waals surface area (Å²) in [7, 11) is 0. The number of hydrogen-bond acceptors (Lipinski definition) is 3. The number of fused-ring (bicyclic) bond motifs is 1. The van der Waals surface area contributed by atoms with Gasteiger partial charge in [-0.1, -0.05) is 24.3 Å². The summed E-state index contributed by atoms with van der Waals surface area (Å²) < 4.78 is 6.00. The Labute approximate surface area is 125 Å². The minimum absolute atomic E-state index is 0.152. The number of nitrogens with one attached hydrogen (secondary N) is 1. The summed E-state index contributed by atoms with van der Waals surface area (Å²) in [5.74, 6) is 1.00. The van der Waals surface area contributed by atoms with Crippen molar-refractivity contribution in [3.8, 4) is 0 Å². The predicted molar refractivity (Wildman–Crippen MR) is 85.2 cm³/mol. The number of nitrogens with zero attached hydrogens (tertiary/aromatic N) is 1. The first-order chi connectivity index (χ1) is 10.2. The molecule has 3 aromatic rings. The number of pyridine rings is 1. The van der Waals surface area contributed by atoms with Gasteiger partial charge in [0.05, 0.1) is 11.7 Å². The lowest BCUT2D eigenvalue weighted by Gasteiger charge is -2.13. The van der Waals surface area contributed by atoms with E-state index in [1.807, 2.05) is 30.5 Å². The van der Waals surface area contributed by atoms with Crippen molar-refractivity contribution in [1.29, 1.82) is 0 Å². The van der Waals surface area contributed by atoms with E-state index in [1.54, 1.807) is 0 Å². The number of benzene rings is 1. The Kier molecular flexibility index (Phi) is 3.76. The molecule has 0 spiro atoms. The van der Waals surface area contributed by atoms with Crippen LogP contribution in [0.3, 0.4) is 0 Å². The van der Waals surface area contributed by atoms with Crippen molar-refractivity contribution in [1.82, 2.24) is 10.3 Å². The summed E-state index contributed by atoms with van der Waals surface area (Å²) in [6.07, 6.45) is 1.83. The molecule has 3 rings (SSSR count). The van der Waals surface area contributed by atoms with E-state index in [2.05, 4.69) is 43.2 Å². The molecule has 0 aliphatic carbocycles. The van der Waals surface area contributed by atoms with E-state index in [1.165, 1.54) is 16.5 Å². The number of hydrogen-bond donors (Lipinski definition) is 1. The number of furan rings is 1. The van der Waals surface area contributed by atoms with Crippen LogP contribution in [-0.2, 0) is 6.54 Å². The molecule has 3 nitrogen and oxygen atoms in total. The fraction of sp³-hybridized carbons (Fsp3) is 0.278. The van der Waals surface area contributed by atoms with Crippen molar-refractivity contribution < 1.29 is 4.42 Å². The molecule has 1 aromatic carbocycles. The van der Waals surface area contributed by atoms with Crippen LogP contribution in [0, 0.1) is 13.8 Å². The zero-order chi connectivity index (χ0) is 14.8. The average molecular weight is 280 g/mol. The topological polar surface area (TPSA) is 38.1 Å². The SMILES string of the molecule is Cc1cccnc1CNC(C)c1oc2ccccc2c1C. The van der Waals surface area contributed by atoms with Crippen LogP contribution in [0.2, 0.25) is 0 Å². The average Bonchev–Trinajstić information content (AvgIpc) is 2.84. The van der Waals surface area contributed by atoms with Crippen LogP contribution in [0.4, 0.5) is 0 Å². The van der Waals surface area contributed by atoms with E-state index in [0.29, 0.717) is 0 Å². The van der Waals surface area contributed by atoms with Gasteiger partial charge >= 0.3 is 0 Å². The molecule has 108 valence electrons. The molecule has 2 heterocycles. The molecular formula is C18H20N2O. The van der Waals surface area contributed by atoms with Gasteiger partial charge in [0.1, 0.15) is 11.3 Å².